The summed E-state index contributed by atoms with van der Waals surface area (Å²) in [5.41, 5.74) is 0.307. The van der Waals surface area contributed by atoms with E-state index in [2.05, 4.69) is 20.3 Å². The van der Waals surface area contributed by atoms with E-state index in [-0.39, 0.29) is 40.9 Å². The summed E-state index contributed by atoms with van der Waals surface area (Å²) in [6.45, 7) is 2.32. The zero-order valence-corrected chi connectivity index (χ0v) is 18.9. The van der Waals surface area contributed by atoms with Crippen molar-refractivity contribution in [3.8, 4) is 11.4 Å². The van der Waals surface area contributed by atoms with Gasteiger partial charge in [-0.05, 0) is 68.5 Å². The van der Waals surface area contributed by atoms with Gasteiger partial charge < -0.3 is 10.2 Å². The Morgan fingerprint density at radius 3 is 2.60 bits per heavy atom. The number of nitrogens with zero attached hydrogens (tertiary/aromatic N) is 4. The molecule has 3 aromatic heterocycles. The molecule has 0 radical (unpaired) electrons. The summed E-state index contributed by atoms with van der Waals surface area (Å²) in [6, 6.07) is 8.07. The lowest BCUT2D eigenvalue weighted by molar-refractivity contribution is -0.137. The Morgan fingerprint density at radius 2 is 1.91 bits per heavy atom. The topological polar surface area (TPSA) is 71.0 Å². The van der Waals surface area contributed by atoms with Crippen molar-refractivity contribution in [3.63, 3.8) is 0 Å². The fourth-order valence-electron chi connectivity index (χ4n) is 5.04. The van der Waals surface area contributed by atoms with Gasteiger partial charge in [-0.2, -0.15) is 13.2 Å². The third-order valence-electron chi connectivity index (χ3n) is 6.71. The molecule has 1 amide bonds. The fraction of sp³-hybridized carbons (Fsp3) is 0.360. The predicted octanol–water partition coefficient (Wildman–Crippen LogP) is 5.11. The lowest BCUT2D eigenvalue weighted by Crippen LogP contribution is -2.59. The van der Waals surface area contributed by atoms with E-state index in [4.69, 9.17) is 0 Å². The van der Waals surface area contributed by atoms with Crippen molar-refractivity contribution in [2.45, 2.75) is 44.4 Å². The normalized spacial score (nSPS) is 21.7. The second-order valence-electron chi connectivity index (χ2n) is 9.07. The van der Waals surface area contributed by atoms with Crippen molar-refractivity contribution in [2.75, 3.05) is 11.9 Å². The fourth-order valence-corrected chi connectivity index (χ4v) is 5.04. The summed E-state index contributed by atoms with van der Waals surface area (Å²) in [4.78, 5) is 28.0. The number of hydrogen-bond acceptors (Lipinski definition) is 5. The van der Waals surface area contributed by atoms with Crippen LogP contribution in [0.15, 0.2) is 48.8 Å². The maximum Gasteiger partial charge on any atom is 0.417 e. The van der Waals surface area contributed by atoms with Crippen LogP contribution in [-0.2, 0) is 6.18 Å². The van der Waals surface area contributed by atoms with E-state index in [1.165, 1.54) is 24.4 Å². The van der Waals surface area contributed by atoms with Crippen LogP contribution in [0.25, 0.3) is 11.4 Å². The van der Waals surface area contributed by atoms with Crippen LogP contribution < -0.4 is 5.32 Å². The molecular formula is C25H23F4N5O. The monoisotopic (exact) mass is 485 g/mol. The van der Waals surface area contributed by atoms with Crippen molar-refractivity contribution in [1.29, 1.82) is 0 Å². The van der Waals surface area contributed by atoms with Gasteiger partial charge in [-0.25, -0.2) is 9.37 Å². The first kappa shape index (κ1) is 23.2. The minimum absolute atomic E-state index is 0.0188. The largest absolute Gasteiger partial charge is 0.417 e. The number of halogens is 4. The van der Waals surface area contributed by atoms with Gasteiger partial charge in [-0.3, -0.25) is 14.8 Å². The van der Waals surface area contributed by atoms with E-state index < -0.39 is 17.6 Å². The van der Waals surface area contributed by atoms with Crippen LogP contribution >= 0.6 is 0 Å². The summed E-state index contributed by atoms with van der Waals surface area (Å²) < 4.78 is 53.1. The number of alkyl halides is 3. The predicted molar refractivity (Wildman–Crippen MR) is 121 cm³/mol. The molecule has 0 unspecified atom stereocenters. The molecule has 5 heterocycles. The molecule has 10 heteroatoms. The number of piperidine rings is 2. The van der Waals surface area contributed by atoms with Gasteiger partial charge in [0.25, 0.3) is 5.91 Å². The molecule has 0 aromatic carbocycles. The maximum absolute atomic E-state index is 14.5. The lowest BCUT2D eigenvalue weighted by Gasteiger charge is -2.50. The van der Waals surface area contributed by atoms with Crippen LogP contribution in [0.3, 0.4) is 0 Å². The SMILES string of the molecule is Cc1ccc(C(=O)N2C[C@H]3CC[C@H]2[C@H](Nc2ccc(C(F)(F)F)cn2)C3)c(-c2ncccc2F)n1. The Morgan fingerprint density at radius 1 is 1.09 bits per heavy atom. The summed E-state index contributed by atoms with van der Waals surface area (Å²) in [5.74, 6) is -0.257. The van der Waals surface area contributed by atoms with E-state index in [0.29, 0.717) is 18.1 Å². The Balaban J connectivity index is 1.41. The average Bonchev–Trinajstić information content (AvgIpc) is 2.84. The lowest BCUT2D eigenvalue weighted by atomic mass is 9.76. The number of pyridine rings is 3. The molecule has 3 aliphatic rings. The molecule has 1 aliphatic carbocycles. The molecule has 3 fully saturated rings. The van der Waals surface area contributed by atoms with Gasteiger partial charge in [-0.1, -0.05) is 0 Å². The molecular weight excluding hydrogens is 462 g/mol. The molecule has 2 saturated heterocycles. The zero-order valence-electron chi connectivity index (χ0n) is 18.9. The first-order valence-corrected chi connectivity index (χ1v) is 11.4. The van der Waals surface area contributed by atoms with E-state index in [0.717, 1.165) is 31.5 Å². The third-order valence-corrected chi connectivity index (χ3v) is 6.71. The number of nitrogens with one attached hydrogen (secondary N) is 1. The van der Waals surface area contributed by atoms with Crippen molar-refractivity contribution >= 4 is 11.7 Å². The Kier molecular flexibility index (Phi) is 5.90. The second-order valence-corrected chi connectivity index (χ2v) is 9.07. The molecule has 6 rings (SSSR count). The van der Waals surface area contributed by atoms with E-state index in [1.807, 2.05) is 0 Å². The van der Waals surface area contributed by atoms with Gasteiger partial charge in [0.15, 0.2) is 5.82 Å². The molecule has 1 N–H and O–H groups in total. The number of hydrogen-bond donors (Lipinski definition) is 1. The van der Waals surface area contributed by atoms with Gasteiger partial charge in [0.05, 0.1) is 17.2 Å². The molecule has 35 heavy (non-hydrogen) atoms. The van der Waals surface area contributed by atoms with Gasteiger partial charge in [0, 0.05) is 30.7 Å². The Hall–Kier alpha value is -3.56. The number of anilines is 1. The Bertz CT molecular complexity index is 1250. The number of amides is 1. The van der Waals surface area contributed by atoms with Crippen molar-refractivity contribution < 1.29 is 22.4 Å². The molecule has 0 spiro atoms. The van der Waals surface area contributed by atoms with Crippen LogP contribution in [0.5, 0.6) is 0 Å². The highest BCUT2D eigenvalue weighted by Crippen LogP contribution is 2.38. The van der Waals surface area contributed by atoms with Crippen LogP contribution in [0, 0.1) is 18.7 Å². The van der Waals surface area contributed by atoms with Crippen LogP contribution in [-0.4, -0.2) is 44.4 Å². The van der Waals surface area contributed by atoms with E-state index in [1.54, 1.807) is 24.0 Å². The van der Waals surface area contributed by atoms with Crippen molar-refractivity contribution in [3.05, 3.63) is 71.4 Å². The van der Waals surface area contributed by atoms with E-state index >= 15 is 0 Å². The highest BCUT2D eigenvalue weighted by atomic mass is 19.4. The number of carbonyl (C=O) groups excluding carboxylic acids is 1. The number of rotatable bonds is 4. The minimum Gasteiger partial charge on any atom is -0.365 e. The maximum atomic E-state index is 14.5. The summed E-state index contributed by atoms with van der Waals surface area (Å²) >= 11 is 0. The molecule has 3 atom stereocenters. The van der Waals surface area contributed by atoms with Crippen molar-refractivity contribution in [1.82, 2.24) is 19.9 Å². The third kappa shape index (κ3) is 4.56. The van der Waals surface area contributed by atoms with Crippen LogP contribution in [0.1, 0.15) is 40.9 Å². The highest BCUT2D eigenvalue weighted by Gasteiger charge is 2.44. The van der Waals surface area contributed by atoms with Crippen LogP contribution in [0.2, 0.25) is 0 Å². The average molecular weight is 485 g/mol. The number of aryl methyl sites for hydroxylation is 1. The standard InChI is InChI=1S/C25H23F4N5O/c1-14-4-7-17(22(32-14)23-18(26)3-2-10-30-23)24(35)34-13-15-5-8-20(34)19(11-15)33-21-9-6-16(12-31-21)25(27,28)29/h2-4,6-7,9-10,12,15,19-20H,5,8,11,13H2,1H3,(H,31,33)/t15-,19+,20-/m0/s1. The number of fused-ring (bicyclic) bond motifs is 3. The molecule has 3 aromatic rings. The van der Waals surface area contributed by atoms with Gasteiger partial charge in [0.2, 0.25) is 0 Å². The number of aromatic nitrogens is 3. The molecule has 2 bridgehead atoms. The first-order valence-electron chi connectivity index (χ1n) is 11.4. The van der Waals surface area contributed by atoms with E-state index in [9.17, 15) is 22.4 Å². The van der Waals surface area contributed by atoms with Gasteiger partial charge in [-0.15, -0.1) is 0 Å². The molecule has 182 valence electrons. The van der Waals surface area contributed by atoms with Gasteiger partial charge >= 0.3 is 6.18 Å². The minimum atomic E-state index is -4.45. The molecule has 2 aliphatic heterocycles. The first-order chi connectivity index (χ1) is 16.7. The smallest absolute Gasteiger partial charge is 0.365 e. The Labute approximate surface area is 199 Å². The molecule has 6 nitrogen and oxygen atoms in total. The van der Waals surface area contributed by atoms with Gasteiger partial charge in [0.1, 0.15) is 17.2 Å². The quantitative estimate of drug-likeness (QED) is 0.520. The highest BCUT2D eigenvalue weighted by molar-refractivity contribution is 6.00. The summed E-state index contributed by atoms with van der Waals surface area (Å²) in [6.07, 6.45) is 0.299. The zero-order chi connectivity index (χ0) is 24.7. The van der Waals surface area contributed by atoms with Crippen molar-refractivity contribution in [2.24, 2.45) is 5.92 Å². The molecule has 1 saturated carbocycles. The number of carbonyl (C=O) groups is 1. The second kappa shape index (κ2) is 8.90. The summed E-state index contributed by atoms with van der Waals surface area (Å²) in [5, 5.41) is 3.23. The summed E-state index contributed by atoms with van der Waals surface area (Å²) in [7, 11) is 0. The van der Waals surface area contributed by atoms with Crippen LogP contribution in [0.4, 0.5) is 23.4 Å².